The van der Waals surface area contributed by atoms with Gasteiger partial charge in [0.05, 0.1) is 12.6 Å². The van der Waals surface area contributed by atoms with Gasteiger partial charge in [-0.15, -0.1) is 0 Å². The molecule has 138 valence electrons. The third-order valence-electron chi connectivity index (χ3n) is 4.18. The van der Waals surface area contributed by atoms with Crippen molar-refractivity contribution in [2.75, 3.05) is 13.1 Å². The van der Waals surface area contributed by atoms with Gasteiger partial charge in [-0.05, 0) is 0 Å². The Labute approximate surface area is 155 Å². The molecule has 1 aliphatic rings. The molecule has 1 saturated heterocycles. The lowest BCUT2D eigenvalue weighted by molar-refractivity contribution is -0.156. The first-order valence-electron chi connectivity index (χ1n) is 7.96. The monoisotopic (exact) mass is 377 g/mol. The number of carbonyl (C=O) groups excluding carboxylic acids is 4. The highest BCUT2D eigenvalue weighted by molar-refractivity contribution is 7.80. The van der Waals surface area contributed by atoms with Crippen molar-refractivity contribution in [1.29, 1.82) is 0 Å². The Morgan fingerprint density at radius 2 is 1.85 bits per heavy atom. The number of nitrogens with zero attached hydrogens (tertiary/aromatic N) is 1. The predicted octanol–water partition coefficient (Wildman–Crippen LogP) is -0.436. The first kappa shape index (κ1) is 19.7. The van der Waals surface area contributed by atoms with Crippen LogP contribution in [-0.4, -0.2) is 59.1 Å². The Balaban J connectivity index is 2.24. The number of ether oxygens (including phenoxy) is 1. The Bertz CT molecular complexity index is 734. The average Bonchev–Trinajstić information content (AvgIpc) is 2.66. The van der Waals surface area contributed by atoms with Crippen molar-refractivity contribution in [1.82, 2.24) is 4.90 Å². The summed E-state index contributed by atoms with van der Waals surface area (Å²) in [5.41, 5.74) is 12.0. The lowest BCUT2D eigenvalue weighted by Crippen LogP contribution is -2.53. The van der Waals surface area contributed by atoms with Crippen LogP contribution < -0.4 is 11.5 Å². The highest BCUT2D eigenvalue weighted by Gasteiger charge is 2.37. The predicted molar refractivity (Wildman–Crippen MR) is 96.4 cm³/mol. The van der Waals surface area contributed by atoms with Gasteiger partial charge in [0.15, 0.2) is 5.78 Å². The van der Waals surface area contributed by atoms with Crippen molar-refractivity contribution < 1.29 is 23.9 Å². The molecule has 1 amide bonds. The van der Waals surface area contributed by atoms with Crippen LogP contribution in [0.3, 0.4) is 0 Å². The minimum atomic E-state index is -0.999. The number of nitrogens with two attached hydrogens (primary N) is 2. The Kier molecular flexibility index (Phi) is 6.53. The molecule has 0 spiro atoms. The Morgan fingerprint density at radius 3 is 2.38 bits per heavy atom. The summed E-state index contributed by atoms with van der Waals surface area (Å²) in [4.78, 5) is 48.3. The summed E-state index contributed by atoms with van der Waals surface area (Å²) >= 11 is 4.88. The molecule has 1 aliphatic heterocycles. The zero-order valence-electron chi connectivity index (χ0n) is 13.9. The maximum atomic E-state index is 12.9. The summed E-state index contributed by atoms with van der Waals surface area (Å²) < 4.78 is 5.01. The summed E-state index contributed by atoms with van der Waals surface area (Å²) in [6.45, 7) is -0.0306. The van der Waals surface area contributed by atoms with E-state index in [1.54, 1.807) is 24.3 Å². The third-order valence-corrected chi connectivity index (χ3v) is 4.42. The van der Waals surface area contributed by atoms with Crippen molar-refractivity contribution in [2.24, 2.45) is 11.5 Å². The average molecular weight is 377 g/mol. The van der Waals surface area contributed by atoms with Crippen molar-refractivity contribution >= 4 is 41.2 Å². The van der Waals surface area contributed by atoms with E-state index in [2.05, 4.69) is 0 Å². The maximum absolute atomic E-state index is 12.9. The standard InChI is InChI=1S/C17H19N3O5S/c18-8-14(22)20-6-5-12(25-15(23)9-21)7-13(20)16(24)10-1-3-11(4-2-10)17(19)26/h1-4,9,12-13H,5-8,18H2,(H2,19,26). The zero-order valence-corrected chi connectivity index (χ0v) is 14.7. The molecule has 0 bridgehead atoms. The Morgan fingerprint density at radius 1 is 1.23 bits per heavy atom. The lowest BCUT2D eigenvalue weighted by Gasteiger charge is -2.38. The van der Waals surface area contributed by atoms with Crippen LogP contribution in [0.4, 0.5) is 0 Å². The second kappa shape index (κ2) is 8.63. The molecular formula is C17H19N3O5S. The smallest absolute Gasteiger partial charge is 0.371 e. The number of hydrogen-bond donors (Lipinski definition) is 2. The molecular weight excluding hydrogens is 358 g/mol. The highest BCUT2D eigenvalue weighted by Crippen LogP contribution is 2.24. The fraction of sp³-hybridized carbons (Fsp3) is 0.353. The first-order valence-corrected chi connectivity index (χ1v) is 8.37. The second-order valence-electron chi connectivity index (χ2n) is 5.81. The number of thiocarbonyl (C=S) groups is 1. The number of Topliss-reactive ketones (excluding diaryl/α,β-unsaturated/α-hetero) is 1. The molecule has 2 rings (SSSR count). The van der Waals surface area contributed by atoms with E-state index in [1.165, 1.54) is 4.90 Å². The molecule has 0 aliphatic carbocycles. The van der Waals surface area contributed by atoms with E-state index in [9.17, 15) is 19.2 Å². The highest BCUT2D eigenvalue weighted by atomic mass is 32.1. The number of esters is 1. The molecule has 1 heterocycles. The summed E-state index contributed by atoms with van der Waals surface area (Å²) in [5, 5.41) is 0. The van der Waals surface area contributed by atoms with Crippen molar-refractivity contribution in [3.63, 3.8) is 0 Å². The molecule has 1 fully saturated rings. The summed E-state index contributed by atoms with van der Waals surface area (Å²) in [5.74, 6) is -1.68. The van der Waals surface area contributed by atoms with Gasteiger partial charge in [-0.2, -0.15) is 0 Å². The fourth-order valence-electron chi connectivity index (χ4n) is 2.89. The normalized spacial score (nSPS) is 19.5. The van der Waals surface area contributed by atoms with E-state index in [1.807, 2.05) is 0 Å². The van der Waals surface area contributed by atoms with Crippen LogP contribution in [-0.2, 0) is 19.1 Å². The molecule has 26 heavy (non-hydrogen) atoms. The van der Waals surface area contributed by atoms with E-state index in [4.69, 9.17) is 28.4 Å². The van der Waals surface area contributed by atoms with Gasteiger partial charge in [-0.3, -0.25) is 14.4 Å². The molecule has 0 aromatic heterocycles. The molecule has 2 unspecified atom stereocenters. The minimum Gasteiger partial charge on any atom is -0.457 e. The summed E-state index contributed by atoms with van der Waals surface area (Å²) in [6.07, 6.45) is -0.126. The van der Waals surface area contributed by atoms with Crippen LogP contribution >= 0.6 is 12.2 Å². The molecule has 0 saturated carbocycles. The number of hydrogen-bond acceptors (Lipinski definition) is 7. The second-order valence-corrected chi connectivity index (χ2v) is 6.25. The molecule has 9 heteroatoms. The van der Waals surface area contributed by atoms with Crippen molar-refractivity contribution in [3.8, 4) is 0 Å². The van der Waals surface area contributed by atoms with Crippen molar-refractivity contribution in [3.05, 3.63) is 35.4 Å². The van der Waals surface area contributed by atoms with E-state index in [0.29, 0.717) is 17.5 Å². The lowest BCUT2D eigenvalue weighted by atomic mass is 9.92. The molecule has 2 atom stereocenters. The number of likely N-dealkylation sites (tertiary alicyclic amines) is 1. The van der Waals surface area contributed by atoms with Gasteiger partial charge < -0.3 is 21.1 Å². The van der Waals surface area contributed by atoms with Gasteiger partial charge in [-0.25, -0.2) is 4.79 Å². The third kappa shape index (κ3) is 4.50. The number of ketones is 1. The van der Waals surface area contributed by atoms with Crippen LogP contribution in [0.2, 0.25) is 0 Å². The van der Waals surface area contributed by atoms with E-state index in [0.717, 1.165) is 0 Å². The summed E-state index contributed by atoms with van der Waals surface area (Å²) in [7, 11) is 0. The van der Waals surface area contributed by atoms with E-state index in [-0.39, 0.29) is 42.5 Å². The molecule has 4 N–H and O–H groups in total. The van der Waals surface area contributed by atoms with Crippen molar-refractivity contribution in [2.45, 2.75) is 25.0 Å². The van der Waals surface area contributed by atoms with Crippen LogP contribution in [0.15, 0.2) is 24.3 Å². The zero-order chi connectivity index (χ0) is 19.3. The molecule has 8 nitrogen and oxygen atoms in total. The Hall–Kier alpha value is -2.65. The molecule has 1 aromatic rings. The quantitative estimate of drug-likeness (QED) is 0.224. The minimum absolute atomic E-state index is 0.0721. The van der Waals surface area contributed by atoms with Gasteiger partial charge in [0.25, 0.3) is 0 Å². The number of carbonyl (C=O) groups is 4. The topological polar surface area (TPSA) is 133 Å². The van der Waals surface area contributed by atoms with Gasteiger partial charge in [0.2, 0.25) is 12.2 Å². The number of rotatable bonds is 6. The molecule has 1 aromatic carbocycles. The number of aldehydes is 1. The first-order chi connectivity index (χ1) is 12.4. The van der Waals surface area contributed by atoms with Gasteiger partial charge in [-0.1, -0.05) is 36.5 Å². The van der Waals surface area contributed by atoms with Crippen LogP contribution in [0.5, 0.6) is 0 Å². The van der Waals surface area contributed by atoms with Gasteiger partial charge in [0, 0.05) is 30.5 Å². The number of benzene rings is 1. The van der Waals surface area contributed by atoms with E-state index < -0.39 is 18.1 Å². The fourth-order valence-corrected chi connectivity index (χ4v) is 3.02. The van der Waals surface area contributed by atoms with Crippen LogP contribution in [0.25, 0.3) is 0 Å². The van der Waals surface area contributed by atoms with Crippen LogP contribution in [0, 0.1) is 0 Å². The van der Waals surface area contributed by atoms with Crippen LogP contribution in [0.1, 0.15) is 28.8 Å². The van der Waals surface area contributed by atoms with Gasteiger partial charge in [0.1, 0.15) is 11.1 Å². The van der Waals surface area contributed by atoms with E-state index >= 15 is 0 Å². The number of amides is 1. The number of piperidine rings is 1. The molecule has 0 radical (unpaired) electrons. The maximum Gasteiger partial charge on any atom is 0.371 e. The summed E-state index contributed by atoms with van der Waals surface area (Å²) in [6, 6.07) is 5.56. The largest absolute Gasteiger partial charge is 0.457 e. The van der Waals surface area contributed by atoms with Gasteiger partial charge >= 0.3 is 5.97 Å². The SMILES string of the molecule is NCC(=O)N1CCC(OC(=O)C=O)CC1C(=O)c1ccc(C(N)=S)cc1.